The molecule has 0 aromatic carbocycles. The maximum atomic E-state index is 11.2. The average Bonchev–Trinajstić information content (AvgIpc) is 2.99. The summed E-state index contributed by atoms with van der Waals surface area (Å²) in [5, 5.41) is 11.3. The molecular weight excluding hydrogens is 250 g/mol. The largest absolute Gasteiger partial charge is 0.481 e. The number of aliphatic carboxylic acids is 1. The molecule has 0 radical (unpaired) electrons. The molecule has 2 rings (SSSR count). The fourth-order valence-electron chi connectivity index (χ4n) is 2.39. The molecule has 4 nitrogen and oxygen atoms in total. The zero-order valence-electron chi connectivity index (χ0n) is 10.5. The number of carboxylic acids is 1. The van der Waals surface area contributed by atoms with Gasteiger partial charge in [-0.25, -0.2) is 0 Å². The number of ether oxygens (including phenoxy) is 1. The highest BCUT2D eigenvalue weighted by Gasteiger charge is 2.37. The minimum absolute atomic E-state index is 0.00421. The van der Waals surface area contributed by atoms with Crippen LogP contribution in [0.2, 0.25) is 0 Å². The summed E-state index contributed by atoms with van der Waals surface area (Å²) >= 11 is 1.72. The van der Waals surface area contributed by atoms with E-state index in [2.05, 4.69) is 23.3 Å². The number of hydrogen-bond acceptors (Lipinski definition) is 4. The van der Waals surface area contributed by atoms with Crippen LogP contribution < -0.4 is 0 Å². The Morgan fingerprint density at radius 1 is 1.61 bits per heavy atom. The molecule has 0 bridgehead atoms. The smallest absolute Gasteiger partial charge is 0.310 e. The van der Waals surface area contributed by atoms with Gasteiger partial charge < -0.3 is 9.84 Å². The van der Waals surface area contributed by atoms with E-state index in [1.807, 2.05) is 6.07 Å². The Morgan fingerprint density at radius 3 is 3.06 bits per heavy atom. The number of rotatable bonds is 6. The number of carboxylic acid groups (broad SMARTS) is 1. The van der Waals surface area contributed by atoms with E-state index in [0.29, 0.717) is 13.2 Å². The van der Waals surface area contributed by atoms with Crippen molar-refractivity contribution in [3.8, 4) is 0 Å². The molecule has 1 N–H and O–H groups in total. The first-order valence-electron chi connectivity index (χ1n) is 6.29. The van der Waals surface area contributed by atoms with Crippen LogP contribution in [0.15, 0.2) is 17.5 Å². The monoisotopic (exact) mass is 269 g/mol. The first-order valence-corrected chi connectivity index (χ1v) is 7.17. The molecule has 1 aromatic heterocycles. The van der Waals surface area contributed by atoms with Crippen molar-refractivity contribution in [2.45, 2.75) is 25.9 Å². The summed E-state index contributed by atoms with van der Waals surface area (Å²) in [5.74, 6) is -1.14. The molecule has 0 saturated carbocycles. The van der Waals surface area contributed by atoms with Gasteiger partial charge in [-0.15, -0.1) is 11.3 Å². The zero-order valence-corrected chi connectivity index (χ0v) is 11.4. The predicted octanol–water partition coefficient (Wildman–Crippen LogP) is 2.06. The molecular formula is C13H19NO3S. The van der Waals surface area contributed by atoms with E-state index in [9.17, 15) is 9.90 Å². The molecule has 1 aliphatic heterocycles. The van der Waals surface area contributed by atoms with Crippen LogP contribution in [0.1, 0.15) is 18.2 Å². The second kappa shape index (κ2) is 6.31. The lowest BCUT2D eigenvalue weighted by molar-refractivity contribution is -0.143. The van der Waals surface area contributed by atoms with Crippen molar-refractivity contribution < 1.29 is 14.6 Å². The van der Waals surface area contributed by atoms with E-state index in [1.54, 1.807) is 11.3 Å². The van der Waals surface area contributed by atoms with Crippen molar-refractivity contribution >= 4 is 17.3 Å². The van der Waals surface area contributed by atoms with Crippen LogP contribution >= 0.6 is 11.3 Å². The second-order valence-corrected chi connectivity index (χ2v) is 5.63. The topological polar surface area (TPSA) is 49.8 Å². The molecule has 2 heterocycles. The van der Waals surface area contributed by atoms with Crippen molar-refractivity contribution in [2.24, 2.45) is 5.92 Å². The molecule has 1 aromatic rings. The van der Waals surface area contributed by atoms with Gasteiger partial charge in [0.1, 0.15) is 0 Å². The number of thiophene rings is 1. The molecule has 0 aliphatic carbocycles. The molecule has 100 valence electrons. The highest BCUT2D eigenvalue weighted by Crippen LogP contribution is 2.23. The lowest BCUT2D eigenvalue weighted by Crippen LogP contribution is -2.43. The lowest BCUT2D eigenvalue weighted by Gasteiger charge is -2.29. The van der Waals surface area contributed by atoms with E-state index in [1.165, 1.54) is 4.88 Å². The molecule has 0 spiro atoms. The molecule has 5 heteroatoms. The molecule has 1 saturated heterocycles. The highest BCUT2D eigenvalue weighted by atomic mass is 32.1. The summed E-state index contributed by atoms with van der Waals surface area (Å²) in [4.78, 5) is 14.7. The van der Waals surface area contributed by atoms with Crippen LogP contribution in [-0.4, -0.2) is 41.8 Å². The third-order valence-electron chi connectivity index (χ3n) is 3.29. The molecule has 2 atom stereocenters. The summed E-state index contributed by atoms with van der Waals surface area (Å²) in [7, 11) is 0. The van der Waals surface area contributed by atoms with Crippen molar-refractivity contribution in [1.29, 1.82) is 0 Å². The Kier molecular flexibility index (Phi) is 4.74. The third-order valence-corrected chi connectivity index (χ3v) is 4.15. The van der Waals surface area contributed by atoms with E-state index >= 15 is 0 Å². The third kappa shape index (κ3) is 3.10. The summed E-state index contributed by atoms with van der Waals surface area (Å²) < 4.78 is 5.36. The summed E-state index contributed by atoms with van der Waals surface area (Å²) in [5.41, 5.74) is 0. The molecule has 18 heavy (non-hydrogen) atoms. The van der Waals surface area contributed by atoms with Gasteiger partial charge in [-0.2, -0.15) is 0 Å². The first-order chi connectivity index (χ1) is 8.72. The van der Waals surface area contributed by atoms with Crippen LogP contribution in [0.25, 0.3) is 0 Å². The van der Waals surface area contributed by atoms with E-state index in [0.717, 1.165) is 19.5 Å². The minimum atomic E-state index is -0.746. The van der Waals surface area contributed by atoms with E-state index < -0.39 is 11.9 Å². The molecule has 2 unspecified atom stereocenters. The predicted molar refractivity (Wildman–Crippen MR) is 70.8 cm³/mol. The van der Waals surface area contributed by atoms with Crippen molar-refractivity contribution in [1.82, 2.24) is 4.90 Å². The first kappa shape index (κ1) is 13.5. The molecule has 0 amide bonds. The Hall–Kier alpha value is -0.910. The fourth-order valence-corrected chi connectivity index (χ4v) is 3.12. The second-order valence-electron chi connectivity index (χ2n) is 4.60. The number of carbonyl (C=O) groups is 1. The average molecular weight is 269 g/mol. The van der Waals surface area contributed by atoms with Gasteiger partial charge in [0.2, 0.25) is 0 Å². The summed E-state index contributed by atoms with van der Waals surface area (Å²) in [6, 6.07) is 4.13. The molecule has 1 fully saturated rings. The lowest BCUT2D eigenvalue weighted by atomic mass is 10.0. The van der Waals surface area contributed by atoms with Crippen molar-refractivity contribution in [3.05, 3.63) is 22.4 Å². The minimum Gasteiger partial charge on any atom is -0.481 e. The Balaban J connectivity index is 2.06. The van der Waals surface area contributed by atoms with Crippen molar-refractivity contribution in [3.63, 3.8) is 0 Å². The van der Waals surface area contributed by atoms with E-state index in [4.69, 9.17) is 4.74 Å². The SMILES string of the molecule is CCCN(Cc1cccs1)C1COCC1C(=O)O. The Bertz CT molecular complexity index is 380. The highest BCUT2D eigenvalue weighted by molar-refractivity contribution is 7.09. The molecule has 1 aliphatic rings. The Labute approximate surface area is 111 Å². The standard InChI is InChI=1S/C13H19NO3S/c1-2-5-14(7-10-4-3-6-18-10)12-9-17-8-11(12)13(15)16/h3-4,6,11-12H,2,5,7-9H2,1H3,(H,15,16). The van der Waals surface area contributed by atoms with Crippen LogP contribution in [-0.2, 0) is 16.1 Å². The van der Waals surface area contributed by atoms with Gasteiger partial charge >= 0.3 is 5.97 Å². The fraction of sp³-hybridized carbons (Fsp3) is 0.615. The van der Waals surface area contributed by atoms with Gasteiger partial charge in [-0.1, -0.05) is 13.0 Å². The van der Waals surface area contributed by atoms with Crippen LogP contribution in [0.5, 0.6) is 0 Å². The van der Waals surface area contributed by atoms with Crippen LogP contribution in [0.3, 0.4) is 0 Å². The van der Waals surface area contributed by atoms with Crippen molar-refractivity contribution in [2.75, 3.05) is 19.8 Å². The zero-order chi connectivity index (χ0) is 13.0. The van der Waals surface area contributed by atoms with Gasteiger partial charge in [0, 0.05) is 17.5 Å². The van der Waals surface area contributed by atoms with Crippen LogP contribution in [0, 0.1) is 5.92 Å². The van der Waals surface area contributed by atoms with E-state index in [-0.39, 0.29) is 6.04 Å². The maximum Gasteiger partial charge on any atom is 0.310 e. The summed E-state index contributed by atoms with van der Waals surface area (Å²) in [6.07, 6.45) is 1.02. The van der Waals surface area contributed by atoms with Gasteiger partial charge in [-0.05, 0) is 24.4 Å². The van der Waals surface area contributed by atoms with Gasteiger partial charge in [0.05, 0.1) is 19.1 Å². The number of hydrogen-bond donors (Lipinski definition) is 1. The van der Waals surface area contributed by atoms with Gasteiger partial charge in [0.25, 0.3) is 0 Å². The van der Waals surface area contributed by atoms with Crippen LogP contribution in [0.4, 0.5) is 0 Å². The maximum absolute atomic E-state index is 11.2. The quantitative estimate of drug-likeness (QED) is 0.859. The summed E-state index contributed by atoms with van der Waals surface area (Å²) in [6.45, 7) is 4.72. The Morgan fingerprint density at radius 2 is 2.44 bits per heavy atom. The number of nitrogens with zero attached hydrogens (tertiary/aromatic N) is 1. The van der Waals surface area contributed by atoms with Gasteiger partial charge in [-0.3, -0.25) is 9.69 Å². The van der Waals surface area contributed by atoms with Gasteiger partial charge in [0.15, 0.2) is 0 Å². The normalized spacial score (nSPS) is 23.7.